The number of ether oxygens (including phenoxy) is 1. The summed E-state index contributed by atoms with van der Waals surface area (Å²) in [7, 11) is 0. The number of aryl methyl sites for hydroxylation is 1. The maximum atomic E-state index is 12.0. The van der Waals surface area contributed by atoms with Gasteiger partial charge in [-0.1, -0.05) is 24.3 Å². The third kappa shape index (κ3) is 4.35. The lowest BCUT2D eigenvalue weighted by Gasteiger charge is -2.11. The molecule has 0 saturated heterocycles. The zero-order chi connectivity index (χ0) is 15.8. The van der Waals surface area contributed by atoms with E-state index in [1.54, 1.807) is 12.1 Å². The number of anilines is 1. The zero-order valence-electron chi connectivity index (χ0n) is 12.5. The van der Waals surface area contributed by atoms with Crippen molar-refractivity contribution in [1.29, 1.82) is 5.26 Å². The number of rotatable bonds is 6. The van der Waals surface area contributed by atoms with Crippen LogP contribution in [0.25, 0.3) is 0 Å². The Bertz CT molecular complexity index is 672. The van der Waals surface area contributed by atoms with Gasteiger partial charge in [0.05, 0.1) is 23.9 Å². The van der Waals surface area contributed by atoms with Gasteiger partial charge in [0.1, 0.15) is 5.75 Å². The summed E-state index contributed by atoms with van der Waals surface area (Å²) in [4.78, 5) is 12.0. The van der Waals surface area contributed by atoms with Crippen molar-refractivity contribution in [3.8, 4) is 11.8 Å². The zero-order valence-corrected chi connectivity index (χ0v) is 12.5. The summed E-state index contributed by atoms with van der Waals surface area (Å²) in [6.07, 6.45) is 1.01. The Kier molecular flexibility index (Phi) is 5.56. The van der Waals surface area contributed by atoms with Crippen LogP contribution in [0.15, 0.2) is 48.5 Å². The van der Waals surface area contributed by atoms with Gasteiger partial charge in [-0.2, -0.15) is 5.26 Å². The second-order valence-corrected chi connectivity index (χ2v) is 4.79. The fraction of sp³-hybridized carbons (Fsp3) is 0.222. The number of nitrogens with zero attached hydrogens (tertiary/aromatic N) is 1. The highest BCUT2D eigenvalue weighted by Gasteiger charge is 2.07. The lowest BCUT2D eigenvalue weighted by atomic mass is 10.1. The molecule has 2 rings (SSSR count). The first-order valence-electron chi connectivity index (χ1n) is 7.23. The van der Waals surface area contributed by atoms with Gasteiger partial charge in [-0.05, 0) is 43.2 Å². The van der Waals surface area contributed by atoms with Crippen LogP contribution in [0.5, 0.6) is 5.75 Å². The number of benzene rings is 2. The molecule has 0 unspecified atom stereocenters. The van der Waals surface area contributed by atoms with Crippen molar-refractivity contribution >= 4 is 11.6 Å². The fourth-order valence-electron chi connectivity index (χ4n) is 2.07. The molecule has 4 heteroatoms. The van der Waals surface area contributed by atoms with E-state index in [0.717, 1.165) is 5.56 Å². The first-order valence-corrected chi connectivity index (χ1v) is 7.23. The lowest BCUT2D eigenvalue weighted by Crippen LogP contribution is -2.13. The molecule has 112 valence electrons. The Morgan fingerprint density at radius 2 is 1.91 bits per heavy atom. The molecule has 2 aromatic rings. The van der Waals surface area contributed by atoms with Crippen LogP contribution in [-0.4, -0.2) is 12.5 Å². The summed E-state index contributed by atoms with van der Waals surface area (Å²) >= 11 is 0. The minimum atomic E-state index is -0.0588. The summed E-state index contributed by atoms with van der Waals surface area (Å²) in [5, 5.41) is 11.6. The number of nitriles is 1. The topological polar surface area (TPSA) is 62.1 Å². The van der Waals surface area contributed by atoms with Crippen molar-refractivity contribution in [2.24, 2.45) is 0 Å². The van der Waals surface area contributed by atoms with Gasteiger partial charge in [0.15, 0.2) is 0 Å². The molecule has 22 heavy (non-hydrogen) atoms. The second kappa shape index (κ2) is 7.84. The molecule has 0 heterocycles. The largest absolute Gasteiger partial charge is 0.492 e. The van der Waals surface area contributed by atoms with Crippen molar-refractivity contribution < 1.29 is 9.53 Å². The van der Waals surface area contributed by atoms with E-state index in [1.165, 1.54) is 0 Å². The number of carbonyl (C=O) groups is 1. The molecule has 1 amide bonds. The SMILES string of the molecule is CCOc1ccccc1NC(=O)CCc1ccc(C#N)cc1. The molecule has 1 N–H and O–H groups in total. The third-order valence-electron chi connectivity index (χ3n) is 3.18. The number of hydrogen-bond donors (Lipinski definition) is 1. The van der Waals surface area contributed by atoms with E-state index in [1.807, 2.05) is 43.3 Å². The normalized spacial score (nSPS) is 9.82. The first-order chi connectivity index (χ1) is 10.7. The molecule has 4 nitrogen and oxygen atoms in total. The van der Waals surface area contributed by atoms with Gasteiger partial charge in [-0.15, -0.1) is 0 Å². The molecule has 0 aliphatic heterocycles. The predicted molar refractivity (Wildman–Crippen MR) is 85.7 cm³/mol. The van der Waals surface area contributed by atoms with Crippen molar-refractivity contribution in [1.82, 2.24) is 0 Å². The molecule has 0 fully saturated rings. The lowest BCUT2D eigenvalue weighted by molar-refractivity contribution is -0.116. The Morgan fingerprint density at radius 1 is 1.18 bits per heavy atom. The number of para-hydroxylation sites is 2. The molecule has 0 radical (unpaired) electrons. The highest BCUT2D eigenvalue weighted by molar-refractivity contribution is 5.92. The van der Waals surface area contributed by atoms with Crippen LogP contribution in [0.1, 0.15) is 24.5 Å². The molecule has 2 aromatic carbocycles. The smallest absolute Gasteiger partial charge is 0.224 e. The molecule has 0 aliphatic carbocycles. The van der Waals surface area contributed by atoms with E-state index >= 15 is 0 Å². The Hall–Kier alpha value is -2.80. The molecule has 0 aromatic heterocycles. The van der Waals surface area contributed by atoms with Gasteiger partial charge in [0.2, 0.25) is 5.91 Å². The highest BCUT2D eigenvalue weighted by Crippen LogP contribution is 2.23. The summed E-state index contributed by atoms with van der Waals surface area (Å²) in [5.41, 5.74) is 2.35. The molecule has 0 aliphatic rings. The minimum Gasteiger partial charge on any atom is -0.492 e. The Morgan fingerprint density at radius 3 is 2.59 bits per heavy atom. The van der Waals surface area contributed by atoms with Gasteiger partial charge in [0, 0.05) is 6.42 Å². The average molecular weight is 294 g/mol. The summed E-state index contributed by atoms with van der Waals surface area (Å²) in [6, 6.07) is 16.7. The quantitative estimate of drug-likeness (QED) is 0.886. The molecule has 0 spiro atoms. The van der Waals surface area contributed by atoms with Crippen LogP contribution in [0.4, 0.5) is 5.69 Å². The first kappa shape index (κ1) is 15.6. The standard InChI is InChI=1S/C18H18N2O2/c1-2-22-17-6-4-3-5-16(17)20-18(21)12-11-14-7-9-15(13-19)10-8-14/h3-10H,2,11-12H2,1H3,(H,20,21). The van der Waals surface area contributed by atoms with Gasteiger partial charge >= 0.3 is 0 Å². The second-order valence-electron chi connectivity index (χ2n) is 4.79. The summed E-state index contributed by atoms with van der Waals surface area (Å²) in [6.45, 7) is 2.46. The van der Waals surface area contributed by atoms with Gasteiger partial charge in [0.25, 0.3) is 0 Å². The van der Waals surface area contributed by atoms with Crippen molar-refractivity contribution in [2.45, 2.75) is 19.8 Å². The number of nitrogens with one attached hydrogen (secondary N) is 1. The third-order valence-corrected chi connectivity index (χ3v) is 3.18. The van der Waals surface area contributed by atoms with Crippen LogP contribution in [0, 0.1) is 11.3 Å². The Balaban J connectivity index is 1.91. The summed E-state index contributed by atoms with van der Waals surface area (Å²) in [5.74, 6) is 0.619. The van der Waals surface area contributed by atoms with Gasteiger partial charge < -0.3 is 10.1 Å². The number of amides is 1. The predicted octanol–water partition coefficient (Wildman–Crippen LogP) is 3.53. The van der Waals surface area contributed by atoms with Crippen molar-refractivity contribution in [3.63, 3.8) is 0 Å². The summed E-state index contributed by atoms with van der Waals surface area (Å²) < 4.78 is 5.48. The number of hydrogen-bond acceptors (Lipinski definition) is 3. The molecule has 0 saturated carbocycles. The van der Waals surface area contributed by atoms with E-state index in [0.29, 0.717) is 36.4 Å². The molecule has 0 bridgehead atoms. The highest BCUT2D eigenvalue weighted by atomic mass is 16.5. The molecule has 0 atom stereocenters. The maximum Gasteiger partial charge on any atom is 0.224 e. The van der Waals surface area contributed by atoms with Crippen molar-refractivity contribution in [3.05, 3.63) is 59.7 Å². The van der Waals surface area contributed by atoms with E-state index in [2.05, 4.69) is 11.4 Å². The van der Waals surface area contributed by atoms with Crippen LogP contribution in [0.3, 0.4) is 0 Å². The molecular formula is C18H18N2O2. The van der Waals surface area contributed by atoms with Gasteiger partial charge in [-0.3, -0.25) is 4.79 Å². The van der Waals surface area contributed by atoms with Crippen LogP contribution >= 0.6 is 0 Å². The van der Waals surface area contributed by atoms with Crippen LogP contribution in [0.2, 0.25) is 0 Å². The van der Waals surface area contributed by atoms with E-state index in [9.17, 15) is 4.79 Å². The van der Waals surface area contributed by atoms with Crippen molar-refractivity contribution in [2.75, 3.05) is 11.9 Å². The Labute approximate surface area is 130 Å². The molecular weight excluding hydrogens is 276 g/mol. The van der Waals surface area contributed by atoms with Crippen LogP contribution in [-0.2, 0) is 11.2 Å². The monoisotopic (exact) mass is 294 g/mol. The van der Waals surface area contributed by atoms with Crippen LogP contribution < -0.4 is 10.1 Å². The average Bonchev–Trinajstić information content (AvgIpc) is 2.55. The van der Waals surface area contributed by atoms with E-state index < -0.39 is 0 Å². The maximum absolute atomic E-state index is 12.0. The fourth-order valence-corrected chi connectivity index (χ4v) is 2.07. The van der Waals surface area contributed by atoms with E-state index in [-0.39, 0.29) is 5.91 Å². The van der Waals surface area contributed by atoms with E-state index in [4.69, 9.17) is 10.00 Å². The minimum absolute atomic E-state index is 0.0588. The number of carbonyl (C=O) groups excluding carboxylic acids is 1. The van der Waals surface area contributed by atoms with Gasteiger partial charge in [-0.25, -0.2) is 0 Å².